The van der Waals surface area contributed by atoms with Crippen molar-refractivity contribution < 1.29 is 4.74 Å². The fourth-order valence-corrected chi connectivity index (χ4v) is 3.68. The van der Waals surface area contributed by atoms with Crippen molar-refractivity contribution in [2.45, 2.75) is 52.1 Å². The maximum absolute atomic E-state index is 5.73. The summed E-state index contributed by atoms with van der Waals surface area (Å²) in [7, 11) is 0. The fourth-order valence-electron chi connectivity index (χ4n) is 3.68. The first kappa shape index (κ1) is 16.9. The molecule has 136 valence electrons. The number of aryl methyl sites for hydroxylation is 3. The number of rotatable bonds is 6. The Labute approximate surface area is 154 Å². The van der Waals surface area contributed by atoms with Crippen LogP contribution in [-0.4, -0.2) is 25.7 Å². The standard InChI is InChI=1S/C21H26N4O/c1-16(2)21-23-8-11-24(21)9-4-10-25-15-22-14-19(25)17-6-7-20-18(13-17)5-3-12-26-20/h6-8,11,13-16H,3-5,9-10,12H2,1-2H3. The Balaban J connectivity index is 1.46. The summed E-state index contributed by atoms with van der Waals surface area (Å²) in [5.41, 5.74) is 3.70. The van der Waals surface area contributed by atoms with Crippen LogP contribution in [0.4, 0.5) is 0 Å². The van der Waals surface area contributed by atoms with Gasteiger partial charge in [0.2, 0.25) is 0 Å². The molecule has 5 heteroatoms. The molecule has 0 saturated carbocycles. The molecule has 1 aliphatic rings. The van der Waals surface area contributed by atoms with Crippen molar-refractivity contribution in [3.63, 3.8) is 0 Å². The Hall–Kier alpha value is -2.56. The molecule has 0 radical (unpaired) electrons. The molecule has 1 aliphatic heterocycles. The first-order valence-electron chi connectivity index (χ1n) is 9.49. The van der Waals surface area contributed by atoms with Crippen molar-refractivity contribution in [1.29, 1.82) is 0 Å². The van der Waals surface area contributed by atoms with Gasteiger partial charge in [-0.05, 0) is 43.0 Å². The molecular weight excluding hydrogens is 324 g/mol. The van der Waals surface area contributed by atoms with Crippen molar-refractivity contribution in [2.75, 3.05) is 6.61 Å². The van der Waals surface area contributed by atoms with Crippen LogP contribution in [-0.2, 0) is 19.5 Å². The number of hydrogen-bond acceptors (Lipinski definition) is 3. The van der Waals surface area contributed by atoms with E-state index < -0.39 is 0 Å². The van der Waals surface area contributed by atoms with Gasteiger partial charge in [-0.1, -0.05) is 13.8 Å². The van der Waals surface area contributed by atoms with E-state index in [1.165, 1.54) is 16.8 Å². The Morgan fingerprint density at radius 1 is 1.19 bits per heavy atom. The maximum atomic E-state index is 5.73. The zero-order valence-electron chi connectivity index (χ0n) is 15.6. The quantitative estimate of drug-likeness (QED) is 0.666. The second-order valence-corrected chi connectivity index (χ2v) is 7.23. The Morgan fingerprint density at radius 2 is 2.08 bits per heavy atom. The molecule has 0 unspecified atom stereocenters. The molecule has 0 aliphatic carbocycles. The molecule has 0 amide bonds. The van der Waals surface area contributed by atoms with Crippen LogP contribution in [0.3, 0.4) is 0 Å². The van der Waals surface area contributed by atoms with Crippen LogP contribution in [0.15, 0.2) is 43.1 Å². The summed E-state index contributed by atoms with van der Waals surface area (Å²) in [6, 6.07) is 6.50. The van der Waals surface area contributed by atoms with E-state index in [-0.39, 0.29) is 0 Å². The summed E-state index contributed by atoms with van der Waals surface area (Å²) >= 11 is 0. The Morgan fingerprint density at radius 3 is 2.96 bits per heavy atom. The van der Waals surface area contributed by atoms with Gasteiger partial charge < -0.3 is 13.9 Å². The Kier molecular flexibility index (Phi) is 4.78. The highest BCUT2D eigenvalue weighted by molar-refractivity contribution is 5.62. The van der Waals surface area contributed by atoms with E-state index in [2.05, 4.69) is 57.3 Å². The smallest absolute Gasteiger partial charge is 0.122 e. The molecule has 26 heavy (non-hydrogen) atoms. The monoisotopic (exact) mass is 350 g/mol. The van der Waals surface area contributed by atoms with Crippen LogP contribution in [0.5, 0.6) is 5.75 Å². The highest BCUT2D eigenvalue weighted by atomic mass is 16.5. The minimum atomic E-state index is 0.450. The second kappa shape index (κ2) is 7.36. The average Bonchev–Trinajstić information content (AvgIpc) is 3.31. The fraction of sp³-hybridized carbons (Fsp3) is 0.429. The normalized spacial score (nSPS) is 13.7. The van der Waals surface area contributed by atoms with E-state index in [1.807, 2.05) is 18.7 Å². The third-order valence-corrected chi connectivity index (χ3v) is 4.98. The second-order valence-electron chi connectivity index (χ2n) is 7.23. The molecule has 0 spiro atoms. The minimum Gasteiger partial charge on any atom is -0.493 e. The molecule has 0 saturated heterocycles. The van der Waals surface area contributed by atoms with E-state index in [0.29, 0.717) is 5.92 Å². The van der Waals surface area contributed by atoms with Crippen LogP contribution in [0.2, 0.25) is 0 Å². The van der Waals surface area contributed by atoms with E-state index in [1.54, 1.807) is 0 Å². The number of nitrogens with zero attached hydrogens (tertiary/aromatic N) is 4. The summed E-state index contributed by atoms with van der Waals surface area (Å²) in [6.45, 7) is 7.12. The minimum absolute atomic E-state index is 0.450. The summed E-state index contributed by atoms with van der Waals surface area (Å²) in [5, 5.41) is 0. The lowest BCUT2D eigenvalue weighted by molar-refractivity contribution is 0.288. The highest BCUT2D eigenvalue weighted by Gasteiger charge is 2.13. The lowest BCUT2D eigenvalue weighted by Gasteiger charge is -2.18. The molecule has 0 N–H and O–H groups in total. The molecule has 5 nitrogen and oxygen atoms in total. The van der Waals surface area contributed by atoms with Gasteiger partial charge in [0.1, 0.15) is 11.6 Å². The maximum Gasteiger partial charge on any atom is 0.122 e. The molecule has 0 atom stereocenters. The average molecular weight is 350 g/mol. The Bertz CT molecular complexity index is 878. The van der Waals surface area contributed by atoms with Crippen molar-refractivity contribution in [3.05, 3.63) is 54.5 Å². The SMILES string of the molecule is CC(C)c1nccn1CCCn1cncc1-c1ccc2c(c1)CCCO2. The lowest BCUT2D eigenvalue weighted by atomic mass is 10.0. The molecule has 4 rings (SSSR count). The molecule has 2 aromatic heterocycles. The number of aromatic nitrogens is 4. The number of ether oxygens (including phenoxy) is 1. The van der Waals surface area contributed by atoms with Gasteiger partial charge in [0.25, 0.3) is 0 Å². The van der Waals surface area contributed by atoms with Gasteiger partial charge in [-0.25, -0.2) is 9.97 Å². The molecule has 3 heterocycles. The van der Waals surface area contributed by atoms with Gasteiger partial charge in [0.15, 0.2) is 0 Å². The van der Waals surface area contributed by atoms with E-state index in [9.17, 15) is 0 Å². The molecule has 0 bridgehead atoms. The molecular formula is C21H26N4O. The first-order chi connectivity index (χ1) is 12.7. The highest BCUT2D eigenvalue weighted by Crippen LogP contribution is 2.30. The summed E-state index contributed by atoms with van der Waals surface area (Å²) in [5.74, 6) is 2.64. The summed E-state index contributed by atoms with van der Waals surface area (Å²) in [6.07, 6.45) is 11.1. The van der Waals surface area contributed by atoms with E-state index in [4.69, 9.17) is 4.74 Å². The summed E-state index contributed by atoms with van der Waals surface area (Å²) < 4.78 is 10.2. The third-order valence-electron chi connectivity index (χ3n) is 4.98. The van der Waals surface area contributed by atoms with E-state index >= 15 is 0 Å². The largest absolute Gasteiger partial charge is 0.493 e. The zero-order valence-corrected chi connectivity index (χ0v) is 15.6. The van der Waals surface area contributed by atoms with Crippen LogP contribution in [0.25, 0.3) is 11.3 Å². The van der Waals surface area contributed by atoms with E-state index in [0.717, 1.165) is 50.5 Å². The van der Waals surface area contributed by atoms with Gasteiger partial charge in [-0.2, -0.15) is 0 Å². The lowest BCUT2D eigenvalue weighted by Crippen LogP contribution is -2.09. The number of hydrogen-bond donors (Lipinski definition) is 0. The zero-order chi connectivity index (χ0) is 17.9. The number of imidazole rings is 2. The summed E-state index contributed by atoms with van der Waals surface area (Å²) in [4.78, 5) is 8.85. The van der Waals surface area contributed by atoms with Crippen LogP contribution in [0.1, 0.15) is 44.0 Å². The predicted octanol–water partition coefficient (Wildman–Crippen LogP) is 4.29. The van der Waals surface area contributed by atoms with Crippen molar-refractivity contribution in [1.82, 2.24) is 19.1 Å². The van der Waals surface area contributed by atoms with Gasteiger partial charge in [-0.15, -0.1) is 0 Å². The van der Waals surface area contributed by atoms with Gasteiger partial charge >= 0.3 is 0 Å². The first-order valence-corrected chi connectivity index (χ1v) is 9.49. The van der Waals surface area contributed by atoms with Crippen molar-refractivity contribution in [3.8, 4) is 17.0 Å². The van der Waals surface area contributed by atoms with Crippen molar-refractivity contribution >= 4 is 0 Å². The number of fused-ring (bicyclic) bond motifs is 1. The van der Waals surface area contributed by atoms with Gasteiger partial charge in [0, 0.05) is 37.0 Å². The molecule has 0 fully saturated rings. The molecule has 1 aromatic carbocycles. The predicted molar refractivity (Wildman–Crippen MR) is 102 cm³/mol. The molecule has 3 aromatic rings. The van der Waals surface area contributed by atoms with Gasteiger partial charge in [-0.3, -0.25) is 0 Å². The van der Waals surface area contributed by atoms with Gasteiger partial charge in [0.05, 0.1) is 24.8 Å². The van der Waals surface area contributed by atoms with Crippen LogP contribution in [0, 0.1) is 0 Å². The third kappa shape index (κ3) is 3.39. The topological polar surface area (TPSA) is 44.9 Å². The van der Waals surface area contributed by atoms with Crippen molar-refractivity contribution in [2.24, 2.45) is 0 Å². The van der Waals surface area contributed by atoms with Crippen LogP contribution >= 0.6 is 0 Å². The van der Waals surface area contributed by atoms with Crippen LogP contribution < -0.4 is 4.74 Å². The number of benzene rings is 1.